The van der Waals surface area contributed by atoms with E-state index in [1.54, 1.807) is 19.1 Å². The van der Waals surface area contributed by atoms with E-state index < -0.39 is 29.1 Å². The van der Waals surface area contributed by atoms with E-state index in [-0.39, 0.29) is 13.0 Å². The van der Waals surface area contributed by atoms with Gasteiger partial charge in [-0.2, -0.15) is 0 Å². The first kappa shape index (κ1) is 15.2. The Morgan fingerprint density at radius 1 is 1.38 bits per heavy atom. The average Bonchev–Trinajstić information content (AvgIpc) is 2.47. The van der Waals surface area contributed by atoms with Gasteiger partial charge in [-0.15, -0.1) is 0 Å². The van der Waals surface area contributed by atoms with Crippen LogP contribution in [0.2, 0.25) is 0 Å². The lowest BCUT2D eigenvalue weighted by molar-refractivity contribution is -0.163. The van der Waals surface area contributed by atoms with Gasteiger partial charge in [0.1, 0.15) is 5.41 Å². The van der Waals surface area contributed by atoms with E-state index in [1.807, 2.05) is 12.1 Å². The molecule has 0 bridgehead atoms. The Morgan fingerprint density at radius 3 is 2.67 bits per heavy atom. The summed E-state index contributed by atoms with van der Waals surface area (Å²) in [5.41, 5.74) is -0.360. The molecule has 112 valence electrons. The summed E-state index contributed by atoms with van der Waals surface area (Å²) in [5, 5.41) is 9.32. The van der Waals surface area contributed by atoms with Crippen LogP contribution < -0.4 is 0 Å². The van der Waals surface area contributed by atoms with Crippen molar-refractivity contribution < 1.29 is 24.2 Å². The Balaban J connectivity index is 2.55. The number of fused-ring (bicyclic) bond motifs is 1. The Hall–Kier alpha value is -2.17. The van der Waals surface area contributed by atoms with Crippen molar-refractivity contribution in [1.82, 2.24) is 0 Å². The SMILES string of the molecule is CCOC(=O)C1(C(C)C(=O)O)CCc2ccccc2C1=O. The second kappa shape index (κ2) is 5.68. The van der Waals surface area contributed by atoms with Crippen LogP contribution in [-0.2, 0) is 20.7 Å². The molecular formula is C16H18O5. The van der Waals surface area contributed by atoms with Crippen molar-refractivity contribution in [3.63, 3.8) is 0 Å². The van der Waals surface area contributed by atoms with Crippen LogP contribution in [0, 0.1) is 11.3 Å². The summed E-state index contributed by atoms with van der Waals surface area (Å²) in [6.07, 6.45) is 0.646. The molecule has 0 amide bonds. The highest BCUT2D eigenvalue weighted by Gasteiger charge is 2.56. The van der Waals surface area contributed by atoms with Crippen molar-refractivity contribution in [1.29, 1.82) is 0 Å². The second-order valence-corrected chi connectivity index (χ2v) is 5.24. The van der Waals surface area contributed by atoms with E-state index in [0.29, 0.717) is 12.0 Å². The first-order chi connectivity index (χ1) is 9.95. The molecule has 1 aromatic carbocycles. The highest BCUT2D eigenvalue weighted by Crippen LogP contribution is 2.42. The smallest absolute Gasteiger partial charge is 0.320 e. The minimum absolute atomic E-state index is 0.113. The fraction of sp³-hybridized carbons (Fsp3) is 0.438. The predicted molar refractivity (Wildman–Crippen MR) is 75.0 cm³/mol. The molecular weight excluding hydrogens is 272 g/mol. The van der Waals surface area contributed by atoms with E-state index >= 15 is 0 Å². The Labute approximate surface area is 122 Å². The molecule has 5 nitrogen and oxygen atoms in total. The van der Waals surface area contributed by atoms with Crippen LogP contribution in [0.15, 0.2) is 24.3 Å². The van der Waals surface area contributed by atoms with Gasteiger partial charge < -0.3 is 9.84 Å². The Kier molecular flexibility index (Phi) is 4.11. The summed E-state index contributed by atoms with van der Waals surface area (Å²) >= 11 is 0. The number of benzene rings is 1. The van der Waals surface area contributed by atoms with E-state index in [2.05, 4.69) is 0 Å². The molecule has 0 fully saturated rings. The number of rotatable bonds is 4. The summed E-state index contributed by atoms with van der Waals surface area (Å²) in [4.78, 5) is 36.6. The zero-order valence-corrected chi connectivity index (χ0v) is 12.1. The molecule has 0 aliphatic heterocycles. The summed E-state index contributed by atoms with van der Waals surface area (Å²) < 4.78 is 5.02. The number of carbonyl (C=O) groups is 3. The molecule has 2 atom stereocenters. The number of carbonyl (C=O) groups excluding carboxylic acids is 2. The molecule has 1 aliphatic rings. The number of hydrogen-bond acceptors (Lipinski definition) is 4. The maximum atomic E-state index is 12.8. The third-order valence-electron chi connectivity index (χ3n) is 4.21. The van der Waals surface area contributed by atoms with Gasteiger partial charge in [-0.25, -0.2) is 0 Å². The van der Waals surface area contributed by atoms with E-state index in [4.69, 9.17) is 4.74 Å². The van der Waals surface area contributed by atoms with Crippen molar-refractivity contribution in [2.75, 3.05) is 6.61 Å². The summed E-state index contributed by atoms with van der Waals surface area (Å²) in [6, 6.07) is 7.00. The molecule has 1 aliphatic carbocycles. The predicted octanol–water partition coefficient (Wildman–Crippen LogP) is 2.09. The quantitative estimate of drug-likeness (QED) is 0.678. The van der Waals surface area contributed by atoms with Gasteiger partial charge in [0.2, 0.25) is 0 Å². The normalized spacial score (nSPS) is 22.3. The number of carboxylic acid groups (broad SMARTS) is 1. The van der Waals surface area contributed by atoms with Crippen LogP contribution >= 0.6 is 0 Å². The van der Waals surface area contributed by atoms with Crippen molar-refractivity contribution in [2.24, 2.45) is 11.3 Å². The van der Waals surface area contributed by atoms with Crippen molar-refractivity contribution in [2.45, 2.75) is 26.7 Å². The monoisotopic (exact) mass is 290 g/mol. The maximum Gasteiger partial charge on any atom is 0.320 e. The molecule has 5 heteroatoms. The van der Waals surface area contributed by atoms with E-state index in [0.717, 1.165) is 5.56 Å². The number of aryl methyl sites for hydroxylation is 1. The second-order valence-electron chi connectivity index (χ2n) is 5.24. The third-order valence-corrected chi connectivity index (χ3v) is 4.21. The first-order valence-corrected chi connectivity index (χ1v) is 6.98. The van der Waals surface area contributed by atoms with Gasteiger partial charge in [-0.05, 0) is 25.3 Å². The topological polar surface area (TPSA) is 80.7 Å². The lowest BCUT2D eigenvalue weighted by Crippen LogP contribution is -2.51. The number of Topliss-reactive ketones (excluding diaryl/α,β-unsaturated/α-hetero) is 1. The standard InChI is InChI=1S/C16H18O5/c1-3-21-15(20)16(10(2)14(18)19)9-8-11-6-4-5-7-12(11)13(16)17/h4-7,10H,3,8-9H2,1-2H3,(H,18,19). The summed E-state index contributed by atoms with van der Waals surface area (Å²) in [7, 11) is 0. The molecule has 0 saturated carbocycles. The van der Waals surface area contributed by atoms with Crippen LogP contribution in [-0.4, -0.2) is 29.4 Å². The molecule has 2 unspecified atom stereocenters. The van der Waals surface area contributed by atoms with Crippen LogP contribution in [0.25, 0.3) is 0 Å². The van der Waals surface area contributed by atoms with Crippen LogP contribution in [0.4, 0.5) is 0 Å². The van der Waals surface area contributed by atoms with Crippen LogP contribution in [0.3, 0.4) is 0 Å². The van der Waals surface area contributed by atoms with Gasteiger partial charge >= 0.3 is 11.9 Å². The molecule has 21 heavy (non-hydrogen) atoms. The molecule has 2 rings (SSSR count). The number of ketones is 1. The Bertz CT molecular complexity index is 592. The van der Waals surface area contributed by atoms with Crippen molar-refractivity contribution in [3.05, 3.63) is 35.4 Å². The van der Waals surface area contributed by atoms with Crippen LogP contribution in [0.1, 0.15) is 36.2 Å². The van der Waals surface area contributed by atoms with Gasteiger partial charge in [-0.3, -0.25) is 14.4 Å². The van der Waals surface area contributed by atoms with Crippen molar-refractivity contribution in [3.8, 4) is 0 Å². The molecule has 0 heterocycles. The third kappa shape index (κ3) is 2.33. The number of ether oxygens (including phenoxy) is 1. The zero-order chi connectivity index (χ0) is 15.6. The van der Waals surface area contributed by atoms with Gasteiger partial charge in [0, 0.05) is 5.56 Å². The number of carboxylic acids is 1. The zero-order valence-electron chi connectivity index (χ0n) is 12.1. The van der Waals surface area contributed by atoms with Gasteiger partial charge in [0.25, 0.3) is 0 Å². The lowest BCUT2D eigenvalue weighted by Gasteiger charge is -2.37. The maximum absolute atomic E-state index is 12.8. The fourth-order valence-corrected chi connectivity index (χ4v) is 2.90. The van der Waals surface area contributed by atoms with E-state index in [1.165, 1.54) is 6.92 Å². The molecule has 0 saturated heterocycles. The van der Waals surface area contributed by atoms with Gasteiger partial charge in [0.05, 0.1) is 12.5 Å². The molecule has 1 N–H and O–H groups in total. The summed E-state index contributed by atoms with van der Waals surface area (Å²) in [5.74, 6) is -3.48. The first-order valence-electron chi connectivity index (χ1n) is 6.98. The largest absolute Gasteiger partial charge is 0.481 e. The minimum atomic E-state index is -1.63. The average molecular weight is 290 g/mol. The van der Waals surface area contributed by atoms with Gasteiger partial charge in [-0.1, -0.05) is 31.2 Å². The fourth-order valence-electron chi connectivity index (χ4n) is 2.90. The van der Waals surface area contributed by atoms with Crippen LogP contribution in [0.5, 0.6) is 0 Å². The Morgan fingerprint density at radius 2 is 2.05 bits per heavy atom. The highest BCUT2D eigenvalue weighted by atomic mass is 16.5. The summed E-state index contributed by atoms with van der Waals surface area (Å²) in [6.45, 7) is 3.14. The van der Waals surface area contributed by atoms with Gasteiger partial charge in [0.15, 0.2) is 5.78 Å². The molecule has 0 spiro atoms. The lowest BCUT2D eigenvalue weighted by atomic mass is 9.64. The number of esters is 1. The number of aliphatic carboxylic acids is 1. The number of hydrogen-bond donors (Lipinski definition) is 1. The molecule has 1 aromatic rings. The van der Waals surface area contributed by atoms with Crippen molar-refractivity contribution >= 4 is 17.7 Å². The van der Waals surface area contributed by atoms with E-state index in [9.17, 15) is 19.5 Å². The molecule has 0 radical (unpaired) electrons. The highest BCUT2D eigenvalue weighted by molar-refractivity contribution is 6.16. The minimum Gasteiger partial charge on any atom is -0.481 e. The molecule has 0 aromatic heterocycles.